The molecule has 0 unspecified atom stereocenters. The fourth-order valence-electron chi connectivity index (χ4n) is 1.33. The van der Waals surface area contributed by atoms with Crippen molar-refractivity contribution in [2.75, 3.05) is 0 Å². The van der Waals surface area contributed by atoms with Crippen LogP contribution in [0.25, 0.3) is 0 Å². The molecule has 0 saturated carbocycles. The summed E-state index contributed by atoms with van der Waals surface area (Å²) in [5.41, 5.74) is 2.71. The fraction of sp³-hybridized carbons (Fsp3) is 0.417. The van der Waals surface area contributed by atoms with E-state index in [4.69, 9.17) is 0 Å². The summed E-state index contributed by atoms with van der Waals surface area (Å²) in [4.78, 5) is 10.1. The van der Waals surface area contributed by atoms with Gasteiger partial charge >= 0.3 is 0 Å². The van der Waals surface area contributed by atoms with Gasteiger partial charge in [-0.2, -0.15) is 0 Å². The molecule has 0 aliphatic heterocycles. The number of hydrogen-bond donors (Lipinski definition) is 0. The second kappa shape index (κ2) is 5.52. The molecular weight excluding hydrogens is 160 g/mol. The average molecular weight is 176 g/mol. The van der Waals surface area contributed by atoms with Crippen molar-refractivity contribution in [1.29, 1.82) is 0 Å². The second-order valence-corrected chi connectivity index (χ2v) is 3.23. The molecule has 1 nitrogen and oxygen atoms in total. The minimum Gasteiger partial charge on any atom is -0.303 e. The molecule has 0 N–H and O–H groups in total. The number of aldehydes is 1. The lowest BCUT2D eigenvalue weighted by atomic mass is 10.1. The van der Waals surface area contributed by atoms with E-state index >= 15 is 0 Å². The molecule has 1 heteroatoms. The Morgan fingerprint density at radius 1 is 1.15 bits per heavy atom. The molecule has 0 bridgehead atoms. The van der Waals surface area contributed by atoms with Crippen molar-refractivity contribution in [3.8, 4) is 0 Å². The Morgan fingerprint density at radius 3 is 2.31 bits per heavy atom. The van der Waals surface area contributed by atoms with Crippen LogP contribution in [-0.2, 0) is 17.6 Å². The molecule has 1 aromatic carbocycles. The molecule has 0 amide bonds. The van der Waals surface area contributed by atoms with E-state index in [1.54, 1.807) is 0 Å². The molecule has 13 heavy (non-hydrogen) atoms. The third kappa shape index (κ3) is 3.41. The molecular formula is C12H16O. The van der Waals surface area contributed by atoms with Crippen LogP contribution in [0.4, 0.5) is 0 Å². The first-order valence-electron chi connectivity index (χ1n) is 4.88. The Kier molecular flexibility index (Phi) is 4.24. The predicted molar refractivity (Wildman–Crippen MR) is 54.8 cm³/mol. The highest BCUT2D eigenvalue weighted by Gasteiger charge is 1.93. The maximum atomic E-state index is 10.1. The van der Waals surface area contributed by atoms with Crippen LogP contribution in [-0.4, -0.2) is 6.29 Å². The maximum absolute atomic E-state index is 10.1. The predicted octanol–water partition coefficient (Wildman–Crippen LogP) is 2.77. The number of rotatable bonds is 5. The van der Waals surface area contributed by atoms with Crippen LogP contribution in [0.1, 0.15) is 30.9 Å². The molecule has 0 aromatic heterocycles. The monoisotopic (exact) mass is 176 g/mol. The van der Waals surface area contributed by atoms with Crippen molar-refractivity contribution in [2.45, 2.75) is 32.6 Å². The van der Waals surface area contributed by atoms with Crippen molar-refractivity contribution in [3.05, 3.63) is 35.4 Å². The maximum Gasteiger partial charge on any atom is 0.120 e. The summed E-state index contributed by atoms with van der Waals surface area (Å²) in [5.74, 6) is 0. The molecule has 0 fully saturated rings. The lowest BCUT2D eigenvalue weighted by Gasteiger charge is -2.00. The zero-order valence-electron chi connectivity index (χ0n) is 8.12. The summed E-state index contributed by atoms with van der Waals surface area (Å²) in [6.45, 7) is 2.15. The average Bonchev–Trinajstić information content (AvgIpc) is 2.19. The Morgan fingerprint density at radius 2 is 1.77 bits per heavy atom. The molecule has 0 aliphatic carbocycles. The lowest BCUT2D eigenvalue weighted by Crippen LogP contribution is -1.87. The summed E-state index contributed by atoms with van der Waals surface area (Å²) in [6, 6.07) is 8.64. The van der Waals surface area contributed by atoms with E-state index in [0.717, 1.165) is 25.5 Å². The smallest absolute Gasteiger partial charge is 0.120 e. The Balaban J connectivity index is 2.44. The quantitative estimate of drug-likeness (QED) is 0.498. The third-order valence-corrected chi connectivity index (χ3v) is 2.22. The normalized spacial score (nSPS) is 9.92. The topological polar surface area (TPSA) is 17.1 Å². The van der Waals surface area contributed by atoms with Crippen LogP contribution in [0.3, 0.4) is 0 Å². The Labute approximate surface area is 79.8 Å². The summed E-state index contributed by atoms with van der Waals surface area (Å²) < 4.78 is 0. The van der Waals surface area contributed by atoms with E-state index < -0.39 is 0 Å². The summed E-state index contributed by atoms with van der Waals surface area (Å²) in [5, 5.41) is 0. The molecule has 0 heterocycles. The number of carbonyl (C=O) groups is 1. The van der Waals surface area contributed by atoms with E-state index in [0.29, 0.717) is 6.42 Å². The molecule has 0 spiro atoms. The highest BCUT2D eigenvalue weighted by atomic mass is 16.1. The lowest BCUT2D eigenvalue weighted by molar-refractivity contribution is -0.107. The Bertz CT molecular complexity index is 248. The first kappa shape index (κ1) is 9.97. The van der Waals surface area contributed by atoms with Crippen molar-refractivity contribution < 1.29 is 4.79 Å². The van der Waals surface area contributed by atoms with Crippen LogP contribution < -0.4 is 0 Å². The van der Waals surface area contributed by atoms with Crippen molar-refractivity contribution in [1.82, 2.24) is 0 Å². The first-order chi connectivity index (χ1) is 6.36. The van der Waals surface area contributed by atoms with Gasteiger partial charge in [0.05, 0.1) is 0 Å². The van der Waals surface area contributed by atoms with Gasteiger partial charge in [0.2, 0.25) is 0 Å². The molecule has 0 atom stereocenters. The Hall–Kier alpha value is -1.11. The van der Waals surface area contributed by atoms with E-state index in [2.05, 4.69) is 31.2 Å². The zero-order chi connectivity index (χ0) is 9.52. The highest BCUT2D eigenvalue weighted by molar-refractivity contribution is 5.49. The number of benzene rings is 1. The van der Waals surface area contributed by atoms with Gasteiger partial charge in [-0.05, 0) is 30.4 Å². The van der Waals surface area contributed by atoms with Crippen LogP contribution >= 0.6 is 0 Å². The number of hydrogen-bond acceptors (Lipinski definition) is 1. The minimum atomic E-state index is 0.676. The van der Waals surface area contributed by atoms with E-state index in [9.17, 15) is 4.79 Å². The number of carbonyl (C=O) groups excluding carboxylic acids is 1. The second-order valence-electron chi connectivity index (χ2n) is 3.23. The van der Waals surface area contributed by atoms with Gasteiger partial charge in [-0.1, -0.05) is 31.2 Å². The van der Waals surface area contributed by atoms with Gasteiger partial charge in [0.15, 0.2) is 0 Å². The van der Waals surface area contributed by atoms with E-state index in [1.807, 2.05) is 0 Å². The van der Waals surface area contributed by atoms with Gasteiger partial charge in [0, 0.05) is 6.42 Å². The molecule has 1 aromatic rings. The van der Waals surface area contributed by atoms with Gasteiger partial charge in [-0.3, -0.25) is 0 Å². The summed E-state index contributed by atoms with van der Waals surface area (Å²) >= 11 is 0. The molecule has 1 rings (SSSR count). The number of aryl methyl sites for hydroxylation is 2. The number of unbranched alkanes of at least 4 members (excludes halogenated alkanes) is 1. The van der Waals surface area contributed by atoms with Crippen LogP contribution in [0.2, 0.25) is 0 Å². The van der Waals surface area contributed by atoms with Crippen molar-refractivity contribution in [3.63, 3.8) is 0 Å². The third-order valence-electron chi connectivity index (χ3n) is 2.22. The fourth-order valence-corrected chi connectivity index (χ4v) is 1.33. The van der Waals surface area contributed by atoms with Gasteiger partial charge in [-0.15, -0.1) is 0 Å². The van der Waals surface area contributed by atoms with Gasteiger partial charge < -0.3 is 4.79 Å². The van der Waals surface area contributed by atoms with Crippen molar-refractivity contribution in [2.24, 2.45) is 0 Å². The molecule has 70 valence electrons. The van der Waals surface area contributed by atoms with Gasteiger partial charge in [-0.25, -0.2) is 0 Å². The summed E-state index contributed by atoms with van der Waals surface area (Å²) in [7, 11) is 0. The summed E-state index contributed by atoms with van der Waals surface area (Å²) in [6.07, 6.45) is 4.74. The molecule has 0 saturated heterocycles. The first-order valence-corrected chi connectivity index (χ1v) is 4.88. The standard InChI is InChI=1S/C12H16O/c1-2-11-6-8-12(9-7-11)5-3-4-10-13/h6-10H,2-5H2,1H3. The van der Waals surface area contributed by atoms with E-state index in [1.165, 1.54) is 11.1 Å². The van der Waals surface area contributed by atoms with Gasteiger partial charge in [0.25, 0.3) is 0 Å². The zero-order valence-corrected chi connectivity index (χ0v) is 8.12. The van der Waals surface area contributed by atoms with Crippen LogP contribution in [0.5, 0.6) is 0 Å². The highest BCUT2D eigenvalue weighted by Crippen LogP contribution is 2.07. The molecule has 0 radical (unpaired) electrons. The minimum absolute atomic E-state index is 0.676. The largest absolute Gasteiger partial charge is 0.303 e. The SMILES string of the molecule is CCc1ccc(CCCC=O)cc1. The van der Waals surface area contributed by atoms with Gasteiger partial charge in [0.1, 0.15) is 6.29 Å². The van der Waals surface area contributed by atoms with Crippen LogP contribution in [0.15, 0.2) is 24.3 Å². The molecule has 0 aliphatic rings. The van der Waals surface area contributed by atoms with Crippen molar-refractivity contribution >= 4 is 6.29 Å². The van der Waals surface area contributed by atoms with E-state index in [-0.39, 0.29) is 0 Å². The van der Waals surface area contributed by atoms with Crippen LogP contribution in [0, 0.1) is 0 Å².